The highest BCUT2D eigenvalue weighted by atomic mass is 35.5. The number of hydrogen-bond donors (Lipinski definition) is 2. The number of phenolic OH excluding ortho intramolecular Hbond substituents is 1. The summed E-state index contributed by atoms with van der Waals surface area (Å²) in [5.41, 5.74) is 2.15. The summed E-state index contributed by atoms with van der Waals surface area (Å²) in [6, 6.07) is 11.0. The van der Waals surface area contributed by atoms with Crippen LogP contribution in [0.15, 0.2) is 48.7 Å². The quantitative estimate of drug-likeness (QED) is 0.331. The molecule has 0 radical (unpaired) electrons. The molecule has 2 heterocycles. The van der Waals surface area contributed by atoms with Crippen molar-refractivity contribution in [1.82, 2.24) is 10.3 Å². The van der Waals surface area contributed by atoms with Crippen LogP contribution < -0.4 is 15.1 Å². The lowest BCUT2D eigenvalue weighted by molar-refractivity contribution is -0.110. The van der Waals surface area contributed by atoms with E-state index in [-0.39, 0.29) is 22.9 Å². The summed E-state index contributed by atoms with van der Waals surface area (Å²) in [4.78, 5) is 19.7. The summed E-state index contributed by atoms with van der Waals surface area (Å²) in [5, 5.41) is 14.7. The van der Waals surface area contributed by atoms with Crippen LogP contribution >= 0.6 is 11.6 Å². The molecule has 1 unspecified atom stereocenters. The van der Waals surface area contributed by atoms with E-state index in [1.807, 2.05) is 6.07 Å². The number of benzene rings is 2. The van der Waals surface area contributed by atoms with Crippen LogP contribution in [-0.4, -0.2) is 69.7 Å². The average Bonchev–Trinajstić information content (AvgIpc) is 2.91. The zero-order valence-electron chi connectivity index (χ0n) is 20.1. The Kier molecular flexibility index (Phi) is 8.37. The summed E-state index contributed by atoms with van der Waals surface area (Å²) in [6.45, 7) is 3.48. The minimum absolute atomic E-state index is 0.0842. The first-order valence-electron chi connectivity index (χ1n) is 11.5. The number of aromatic hydroxyl groups is 1. The Balaban J connectivity index is 1.71. The first-order valence-corrected chi connectivity index (χ1v) is 11.8. The molecule has 1 atom stereocenters. The zero-order valence-corrected chi connectivity index (χ0v) is 20.8. The van der Waals surface area contributed by atoms with E-state index in [9.17, 15) is 14.3 Å². The number of piperazine rings is 1. The zero-order chi connectivity index (χ0) is 25.7. The fourth-order valence-corrected chi connectivity index (χ4v) is 4.54. The minimum atomic E-state index is -0.679. The van der Waals surface area contributed by atoms with Crippen molar-refractivity contribution in [3.63, 3.8) is 0 Å². The average molecular weight is 515 g/mol. The van der Waals surface area contributed by atoms with Gasteiger partial charge in [0.1, 0.15) is 17.4 Å². The van der Waals surface area contributed by atoms with Crippen molar-refractivity contribution in [2.24, 2.45) is 0 Å². The third-order valence-electron chi connectivity index (χ3n) is 6.11. The largest absolute Gasteiger partial charge is 0.507 e. The maximum atomic E-state index is 14.8. The van der Waals surface area contributed by atoms with Crippen LogP contribution in [0.2, 0.25) is 5.02 Å². The number of rotatable bonds is 9. The van der Waals surface area contributed by atoms with Gasteiger partial charge in [-0.15, -0.1) is 0 Å². The Labute approximate surface area is 214 Å². The summed E-state index contributed by atoms with van der Waals surface area (Å²) < 4.78 is 25.2. The van der Waals surface area contributed by atoms with E-state index in [2.05, 4.69) is 15.2 Å². The van der Waals surface area contributed by atoms with Crippen molar-refractivity contribution in [2.45, 2.75) is 6.23 Å². The molecule has 190 valence electrons. The monoisotopic (exact) mass is 514 g/mol. The number of pyridine rings is 1. The van der Waals surface area contributed by atoms with Gasteiger partial charge in [-0.2, -0.15) is 0 Å². The Morgan fingerprint density at radius 3 is 2.47 bits per heavy atom. The molecule has 1 aliphatic rings. The van der Waals surface area contributed by atoms with Gasteiger partial charge in [-0.3, -0.25) is 9.69 Å². The predicted molar refractivity (Wildman–Crippen MR) is 138 cm³/mol. The number of halogens is 2. The highest BCUT2D eigenvalue weighted by Gasteiger charge is 2.22. The normalized spacial score (nSPS) is 14.5. The van der Waals surface area contributed by atoms with Gasteiger partial charge in [0.2, 0.25) is 6.41 Å². The van der Waals surface area contributed by atoms with Crippen molar-refractivity contribution >= 4 is 29.5 Å². The number of methoxy groups -OCH3 is 2. The van der Waals surface area contributed by atoms with Gasteiger partial charge in [0.05, 0.1) is 17.3 Å². The van der Waals surface area contributed by atoms with Crippen LogP contribution in [-0.2, 0) is 14.3 Å². The Bertz CT molecular complexity index is 1220. The van der Waals surface area contributed by atoms with Crippen molar-refractivity contribution < 1.29 is 23.8 Å². The van der Waals surface area contributed by atoms with Crippen molar-refractivity contribution in [1.29, 1.82) is 0 Å². The van der Waals surface area contributed by atoms with Crippen LogP contribution in [0, 0.1) is 5.82 Å². The molecule has 0 saturated carbocycles. The van der Waals surface area contributed by atoms with Gasteiger partial charge in [-0.1, -0.05) is 17.7 Å². The van der Waals surface area contributed by atoms with E-state index in [1.165, 1.54) is 31.3 Å². The molecule has 2 N–H and O–H groups in total. The molecule has 0 spiro atoms. The molecule has 3 aromatic rings. The molecule has 1 aliphatic heterocycles. The van der Waals surface area contributed by atoms with E-state index in [1.54, 1.807) is 30.5 Å². The van der Waals surface area contributed by atoms with Crippen LogP contribution in [0.4, 0.5) is 15.9 Å². The molecule has 10 heteroatoms. The van der Waals surface area contributed by atoms with E-state index < -0.39 is 12.0 Å². The fourth-order valence-electron chi connectivity index (χ4n) is 4.26. The Hall–Kier alpha value is -3.24. The summed E-state index contributed by atoms with van der Waals surface area (Å²) >= 11 is 6.52. The lowest BCUT2D eigenvalue weighted by Gasteiger charge is -2.28. The summed E-state index contributed by atoms with van der Waals surface area (Å²) in [5.74, 6) is 0.177. The summed E-state index contributed by atoms with van der Waals surface area (Å²) in [6.07, 6.45) is 1.58. The second kappa shape index (κ2) is 11.7. The van der Waals surface area contributed by atoms with Gasteiger partial charge in [-0.25, -0.2) is 9.37 Å². The van der Waals surface area contributed by atoms with Gasteiger partial charge in [0.25, 0.3) is 0 Å². The van der Waals surface area contributed by atoms with Crippen LogP contribution in [0.1, 0.15) is 0 Å². The number of carbonyl (C=O) groups is 1. The molecule has 1 saturated heterocycles. The van der Waals surface area contributed by atoms with Crippen LogP contribution in [0.3, 0.4) is 0 Å². The number of nitrogens with zero attached hydrogens (tertiary/aromatic N) is 3. The van der Waals surface area contributed by atoms with Crippen molar-refractivity contribution in [3.05, 3.63) is 59.5 Å². The highest BCUT2D eigenvalue weighted by molar-refractivity contribution is 6.34. The van der Waals surface area contributed by atoms with E-state index in [0.29, 0.717) is 28.8 Å². The summed E-state index contributed by atoms with van der Waals surface area (Å²) in [7, 11) is 2.96. The number of phenols is 1. The van der Waals surface area contributed by atoms with Gasteiger partial charge in [0.15, 0.2) is 6.23 Å². The molecule has 2 aromatic carbocycles. The number of anilines is 2. The molecular weight excluding hydrogens is 487 g/mol. The second-order valence-electron chi connectivity index (χ2n) is 8.31. The lowest BCUT2D eigenvalue weighted by Crippen LogP contribution is -2.43. The first kappa shape index (κ1) is 25.8. The number of nitrogens with one attached hydrogen (secondary N) is 1. The highest BCUT2D eigenvalue weighted by Crippen LogP contribution is 2.41. The third-order valence-corrected chi connectivity index (χ3v) is 6.42. The second-order valence-corrected chi connectivity index (χ2v) is 8.72. The maximum absolute atomic E-state index is 14.8. The number of amides is 1. The number of ether oxygens (including phenoxy) is 2. The first-order chi connectivity index (χ1) is 17.5. The standard InChI is InChI=1S/C26H28ClFN4O4/c1-35-15-25(36-2)32(16-33)23-4-3-17(11-22(23)27)20-13-19(28)14-21(26(20)34)18-5-6-30-24(12-18)31-9-7-29-8-10-31/h3-6,11-14,16,25,29,34H,7-10,15H2,1-2H3. The smallest absolute Gasteiger partial charge is 0.216 e. The maximum Gasteiger partial charge on any atom is 0.216 e. The molecule has 1 amide bonds. The Morgan fingerprint density at radius 2 is 1.86 bits per heavy atom. The molecular formula is C26H28ClFN4O4. The molecule has 1 aromatic heterocycles. The third kappa shape index (κ3) is 5.44. The molecule has 4 rings (SSSR count). The van der Waals surface area contributed by atoms with Crippen molar-refractivity contribution in [2.75, 3.05) is 56.8 Å². The van der Waals surface area contributed by atoms with Gasteiger partial charge < -0.3 is 24.8 Å². The molecule has 0 aliphatic carbocycles. The Morgan fingerprint density at radius 1 is 1.17 bits per heavy atom. The number of aromatic nitrogens is 1. The van der Waals surface area contributed by atoms with Crippen molar-refractivity contribution in [3.8, 4) is 28.0 Å². The van der Waals surface area contributed by atoms with Gasteiger partial charge >= 0.3 is 0 Å². The lowest BCUT2D eigenvalue weighted by atomic mass is 9.97. The van der Waals surface area contributed by atoms with E-state index in [4.69, 9.17) is 21.1 Å². The van der Waals surface area contributed by atoms with Gasteiger partial charge in [-0.05, 0) is 47.5 Å². The number of carbonyl (C=O) groups excluding carboxylic acids is 1. The van der Waals surface area contributed by atoms with Crippen LogP contribution in [0.25, 0.3) is 22.3 Å². The van der Waals surface area contributed by atoms with E-state index >= 15 is 0 Å². The number of hydrogen-bond acceptors (Lipinski definition) is 7. The molecule has 1 fully saturated rings. The molecule has 36 heavy (non-hydrogen) atoms. The van der Waals surface area contributed by atoms with Gasteiger partial charge in [0, 0.05) is 57.7 Å². The topological polar surface area (TPSA) is 87.2 Å². The molecule has 0 bridgehead atoms. The van der Waals surface area contributed by atoms with E-state index in [0.717, 1.165) is 32.0 Å². The fraction of sp³-hybridized carbons (Fsp3) is 0.308. The van der Waals surface area contributed by atoms with Crippen LogP contribution in [0.5, 0.6) is 5.75 Å². The minimum Gasteiger partial charge on any atom is -0.507 e. The predicted octanol–water partition coefficient (Wildman–Crippen LogP) is 3.91. The molecule has 8 nitrogen and oxygen atoms in total. The SMILES string of the molecule is COCC(OC)N(C=O)c1ccc(-c2cc(F)cc(-c3ccnc(N4CCNCC4)c3)c2O)cc1Cl.